The van der Waals surface area contributed by atoms with Gasteiger partial charge >= 0.3 is 5.51 Å². The molecule has 5 heteroatoms. The van der Waals surface area contributed by atoms with E-state index in [9.17, 15) is 13.2 Å². The number of hydrogen-bond donors (Lipinski definition) is 0. The Kier molecular flexibility index (Phi) is 4.67. The van der Waals surface area contributed by atoms with Gasteiger partial charge in [0.1, 0.15) is 0 Å². The number of alkyl halides is 3. The maximum absolute atomic E-state index is 13.1. The molecule has 0 fully saturated rings. The van der Waals surface area contributed by atoms with Gasteiger partial charge < -0.3 is 12.4 Å². The average Bonchev–Trinajstić information content (AvgIpc) is 2.53. The Balaban J connectivity index is 0.00000162. The maximum Gasteiger partial charge on any atom is 0.600 e. The van der Waals surface area contributed by atoms with Crippen molar-refractivity contribution in [3.63, 3.8) is 0 Å². The zero-order chi connectivity index (χ0) is 12.6. The summed E-state index contributed by atoms with van der Waals surface area (Å²) in [6, 6.07) is 8.53. The highest BCUT2D eigenvalue weighted by atomic mass is 35.5. The quantitative estimate of drug-likeness (QED) is 0.746. The van der Waals surface area contributed by atoms with Crippen LogP contribution < -0.4 is 12.4 Å². The molecule has 0 aliphatic carbocycles. The maximum atomic E-state index is 13.1. The summed E-state index contributed by atoms with van der Waals surface area (Å²) in [7, 11) is -1.72. The monoisotopic (exact) mass is 294 g/mol. The molecular weight excluding hydrogens is 281 g/mol. The Labute approximate surface area is 113 Å². The second-order valence-electron chi connectivity index (χ2n) is 4.50. The summed E-state index contributed by atoms with van der Waals surface area (Å²) >= 11 is 0. The topological polar surface area (TPSA) is 0 Å². The Morgan fingerprint density at radius 3 is 2.33 bits per heavy atom. The van der Waals surface area contributed by atoms with Crippen molar-refractivity contribution in [1.82, 2.24) is 0 Å². The summed E-state index contributed by atoms with van der Waals surface area (Å²) in [5.41, 5.74) is -4.16. The molecule has 1 aromatic heterocycles. The normalized spacial score (nSPS) is 12.9. The minimum atomic E-state index is -4.16. The molecule has 1 atom stereocenters. The fourth-order valence-corrected chi connectivity index (χ4v) is 4.13. The van der Waals surface area contributed by atoms with E-state index in [0.29, 0.717) is 16.0 Å². The van der Waals surface area contributed by atoms with Crippen molar-refractivity contribution in [2.75, 3.05) is 0 Å². The van der Waals surface area contributed by atoms with Gasteiger partial charge in [-0.2, -0.15) is 0 Å². The molecule has 18 heavy (non-hydrogen) atoms. The van der Waals surface area contributed by atoms with Crippen molar-refractivity contribution in [2.24, 2.45) is 5.92 Å². The lowest BCUT2D eigenvalue weighted by Gasteiger charge is -2.02. The first kappa shape index (κ1) is 15.3. The van der Waals surface area contributed by atoms with E-state index < -0.39 is 16.0 Å². The van der Waals surface area contributed by atoms with Crippen LogP contribution >= 0.6 is 10.5 Å². The van der Waals surface area contributed by atoms with E-state index in [4.69, 9.17) is 0 Å². The lowest BCUT2D eigenvalue weighted by molar-refractivity contribution is -0.0867. The number of hydrogen-bond acceptors (Lipinski definition) is 0. The van der Waals surface area contributed by atoms with E-state index in [1.807, 2.05) is 13.8 Å². The van der Waals surface area contributed by atoms with Gasteiger partial charge in [0, 0.05) is 17.9 Å². The molecule has 0 N–H and O–H groups in total. The first-order chi connectivity index (χ1) is 7.89. The molecular formula is C13H14ClF3S. The molecule has 0 saturated heterocycles. The zero-order valence-electron chi connectivity index (χ0n) is 10.1. The molecule has 0 aliphatic heterocycles. The molecule has 0 saturated carbocycles. The largest absolute Gasteiger partial charge is 1.00 e. The highest BCUT2D eigenvalue weighted by Crippen LogP contribution is 2.51. The highest BCUT2D eigenvalue weighted by Gasteiger charge is 2.47. The van der Waals surface area contributed by atoms with Gasteiger partial charge in [-0.15, -0.1) is 13.2 Å². The van der Waals surface area contributed by atoms with E-state index in [0.717, 1.165) is 5.39 Å². The minimum absolute atomic E-state index is 0. The van der Waals surface area contributed by atoms with Crippen LogP contribution in [0.4, 0.5) is 13.2 Å². The molecule has 0 radical (unpaired) electrons. The van der Waals surface area contributed by atoms with Crippen LogP contribution in [0, 0.1) is 5.92 Å². The summed E-state index contributed by atoms with van der Waals surface area (Å²) in [5.74, 6) is 0.243. The number of rotatable bonds is 2. The minimum Gasteiger partial charge on any atom is -1.00 e. The molecule has 0 bridgehead atoms. The average molecular weight is 295 g/mol. The lowest BCUT2D eigenvalue weighted by atomic mass is 10.1. The zero-order valence-corrected chi connectivity index (χ0v) is 11.7. The Morgan fingerprint density at radius 2 is 1.78 bits per heavy atom. The first-order valence-corrected chi connectivity index (χ1v) is 6.73. The van der Waals surface area contributed by atoms with Crippen LogP contribution in [0.15, 0.2) is 30.3 Å². The highest BCUT2D eigenvalue weighted by molar-refractivity contribution is 7.38. The third-order valence-electron chi connectivity index (χ3n) is 2.56. The van der Waals surface area contributed by atoms with Gasteiger partial charge in [-0.1, -0.05) is 26.0 Å². The second-order valence-corrected chi connectivity index (χ2v) is 6.54. The summed E-state index contributed by atoms with van der Waals surface area (Å²) in [6.07, 6.45) is 0.511. The van der Waals surface area contributed by atoms with Crippen molar-refractivity contribution >= 4 is 20.6 Å². The van der Waals surface area contributed by atoms with Gasteiger partial charge in [-0.25, -0.2) is 0 Å². The predicted octanol–water partition coefficient (Wildman–Crippen LogP) is 2.27. The second kappa shape index (κ2) is 5.49. The van der Waals surface area contributed by atoms with E-state index in [-0.39, 0.29) is 18.3 Å². The standard InChI is InChI=1S/C13H14F3S.ClH/c1-9(2)7-11-8-10-5-3-4-6-12(10)17(11)13(14,15)16;/h3-6,8-9H,7H2,1-2H3;1H/q+1;/p-1. The van der Waals surface area contributed by atoms with Crippen LogP contribution in [0.25, 0.3) is 10.1 Å². The Bertz CT molecular complexity index is 529. The summed E-state index contributed by atoms with van der Waals surface area (Å²) < 4.78 is 39.8. The molecule has 1 aromatic carbocycles. The predicted molar refractivity (Wildman–Crippen MR) is 66.3 cm³/mol. The molecule has 2 rings (SSSR count). The molecule has 0 nitrogen and oxygen atoms in total. The van der Waals surface area contributed by atoms with Crippen molar-refractivity contribution in [2.45, 2.75) is 25.8 Å². The first-order valence-electron chi connectivity index (χ1n) is 5.50. The Morgan fingerprint density at radius 1 is 1.17 bits per heavy atom. The van der Waals surface area contributed by atoms with E-state index in [2.05, 4.69) is 0 Å². The van der Waals surface area contributed by atoms with Gasteiger partial charge in [0.05, 0.1) is 10.5 Å². The SMILES string of the molecule is CC(C)Cc1cc2ccccc2[s+]1C(F)(F)F.[Cl-]. The number of fused-ring (bicyclic) bond motifs is 1. The van der Waals surface area contributed by atoms with Crippen LogP contribution in [0.2, 0.25) is 0 Å². The third-order valence-corrected chi connectivity index (χ3v) is 4.64. The smallest absolute Gasteiger partial charge is 0.600 e. The van der Waals surface area contributed by atoms with Crippen LogP contribution in [-0.2, 0) is 11.9 Å². The van der Waals surface area contributed by atoms with Crippen LogP contribution in [0.5, 0.6) is 0 Å². The molecule has 0 aliphatic rings. The summed E-state index contributed by atoms with van der Waals surface area (Å²) in [6.45, 7) is 3.89. The van der Waals surface area contributed by atoms with Gasteiger partial charge in [0.15, 0.2) is 9.58 Å². The Hall–Kier alpha value is -0.740. The van der Waals surface area contributed by atoms with Crippen LogP contribution in [-0.4, -0.2) is 0 Å². The molecule has 1 heterocycles. The summed E-state index contributed by atoms with van der Waals surface area (Å²) in [4.78, 5) is 0.522. The summed E-state index contributed by atoms with van der Waals surface area (Å²) in [5, 5.41) is 0.726. The van der Waals surface area contributed by atoms with Gasteiger partial charge in [-0.05, 0) is 18.1 Å². The lowest BCUT2D eigenvalue weighted by Crippen LogP contribution is -3.00. The van der Waals surface area contributed by atoms with Crippen LogP contribution in [0.1, 0.15) is 18.7 Å². The van der Waals surface area contributed by atoms with Gasteiger partial charge in [-0.3, -0.25) is 0 Å². The molecule has 0 spiro atoms. The fraction of sp³-hybridized carbons (Fsp3) is 0.385. The van der Waals surface area contributed by atoms with Gasteiger partial charge in [0.2, 0.25) is 0 Å². The molecule has 0 amide bonds. The van der Waals surface area contributed by atoms with E-state index in [1.165, 1.54) is 0 Å². The van der Waals surface area contributed by atoms with Crippen molar-refractivity contribution in [1.29, 1.82) is 0 Å². The van der Waals surface area contributed by atoms with E-state index >= 15 is 0 Å². The third kappa shape index (κ3) is 2.98. The molecule has 2 aromatic rings. The molecule has 1 unspecified atom stereocenters. The van der Waals surface area contributed by atoms with Crippen molar-refractivity contribution < 1.29 is 25.6 Å². The van der Waals surface area contributed by atoms with E-state index in [1.54, 1.807) is 30.3 Å². The molecule has 100 valence electrons. The van der Waals surface area contributed by atoms with Gasteiger partial charge in [0.25, 0.3) is 0 Å². The number of benzene rings is 1. The number of halogens is 4. The van der Waals surface area contributed by atoms with Crippen LogP contribution in [0.3, 0.4) is 0 Å². The number of thiophene rings is 1. The van der Waals surface area contributed by atoms with Crippen molar-refractivity contribution in [3.05, 3.63) is 35.2 Å². The van der Waals surface area contributed by atoms with Crippen molar-refractivity contribution in [3.8, 4) is 0 Å². The fourth-order valence-electron chi connectivity index (χ4n) is 1.98.